The van der Waals surface area contributed by atoms with E-state index in [9.17, 15) is 0 Å². The first-order valence-corrected chi connectivity index (χ1v) is 4.14. The van der Waals surface area contributed by atoms with Crippen molar-refractivity contribution in [1.82, 2.24) is 5.32 Å². The van der Waals surface area contributed by atoms with Gasteiger partial charge in [-0.25, -0.2) is 0 Å². The Kier molecular flexibility index (Phi) is 7.64. The van der Waals surface area contributed by atoms with E-state index in [1.54, 1.807) is 5.57 Å². The second-order valence-electron chi connectivity index (χ2n) is 2.82. The second-order valence-corrected chi connectivity index (χ2v) is 2.82. The summed E-state index contributed by atoms with van der Waals surface area (Å²) in [4.78, 5) is 0. The summed E-state index contributed by atoms with van der Waals surface area (Å²) < 4.78 is 0. The van der Waals surface area contributed by atoms with Crippen molar-refractivity contribution in [3.8, 4) is 0 Å². The second kappa shape index (κ2) is 7.25. The van der Waals surface area contributed by atoms with E-state index in [4.69, 9.17) is 0 Å². The molecule has 0 saturated heterocycles. The molecule has 1 nitrogen and oxygen atoms in total. The van der Waals surface area contributed by atoms with Gasteiger partial charge in [0, 0.05) is 37.7 Å². The Morgan fingerprint density at radius 3 is 2.91 bits per heavy atom. The molecule has 0 aromatic rings. The third-order valence-corrected chi connectivity index (χ3v) is 1.87. The van der Waals surface area contributed by atoms with Gasteiger partial charge in [-0.1, -0.05) is 12.0 Å². The predicted octanol–water partition coefficient (Wildman–Crippen LogP) is 2.26. The Labute approximate surface area is 93.4 Å². The van der Waals surface area contributed by atoms with Gasteiger partial charge in [-0.15, -0.1) is 0 Å². The largest absolute Gasteiger partial charge is 0.391 e. The maximum Gasteiger partial charge on any atom is 0.0144 e. The molecule has 1 rings (SSSR count). The Morgan fingerprint density at radius 2 is 2.36 bits per heavy atom. The predicted molar refractivity (Wildman–Crippen MR) is 44.5 cm³/mol. The van der Waals surface area contributed by atoms with Crippen LogP contribution in [0.15, 0.2) is 11.8 Å². The van der Waals surface area contributed by atoms with Crippen LogP contribution in [0.3, 0.4) is 0 Å². The topological polar surface area (TPSA) is 12.0 Å². The Balaban J connectivity index is 0.000001000. The monoisotopic (exact) mass is 376 g/mol. The van der Waals surface area contributed by atoms with Gasteiger partial charge in [0.15, 0.2) is 0 Å². The molecule has 0 unspecified atom stereocenters. The molecule has 0 spiro atoms. The third-order valence-electron chi connectivity index (χ3n) is 1.87. The van der Waals surface area contributed by atoms with E-state index in [2.05, 4.69) is 18.4 Å². The SMILES string of the molecule is [CH2-]CCCC1=CNCCC1.[U]. The summed E-state index contributed by atoms with van der Waals surface area (Å²) in [5.74, 6) is 0. The standard InChI is InChI=1S/C9H16N.U/c1-2-3-5-9-6-4-7-10-8-9;/h8,10H,1-7H2;/q-1;. The number of unbranched alkanes of at least 4 members (excludes halogenated alkanes) is 1. The van der Waals surface area contributed by atoms with Crippen molar-refractivity contribution in [2.24, 2.45) is 0 Å². The van der Waals surface area contributed by atoms with E-state index < -0.39 is 0 Å². The summed E-state index contributed by atoms with van der Waals surface area (Å²) in [6, 6.07) is 0. The van der Waals surface area contributed by atoms with E-state index in [-0.39, 0.29) is 31.1 Å². The van der Waals surface area contributed by atoms with E-state index in [1.165, 1.54) is 25.7 Å². The smallest absolute Gasteiger partial charge is 0.0144 e. The minimum atomic E-state index is 0. The van der Waals surface area contributed by atoms with E-state index >= 15 is 0 Å². The van der Waals surface area contributed by atoms with Crippen molar-refractivity contribution in [3.63, 3.8) is 0 Å². The first-order valence-electron chi connectivity index (χ1n) is 4.14. The fourth-order valence-electron chi connectivity index (χ4n) is 1.26. The summed E-state index contributed by atoms with van der Waals surface area (Å²) in [6.45, 7) is 4.98. The molecular weight excluding hydrogens is 360 g/mol. The first kappa shape index (κ1) is 11.6. The number of hydrogen-bond acceptors (Lipinski definition) is 1. The van der Waals surface area contributed by atoms with Crippen molar-refractivity contribution in [2.75, 3.05) is 6.54 Å². The minimum Gasteiger partial charge on any atom is -0.391 e. The van der Waals surface area contributed by atoms with Gasteiger partial charge in [-0.05, 0) is 25.5 Å². The summed E-state index contributed by atoms with van der Waals surface area (Å²) in [7, 11) is 0. The van der Waals surface area contributed by atoms with Crippen LogP contribution in [0.1, 0.15) is 32.1 Å². The zero-order valence-electron chi connectivity index (χ0n) is 7.03. The number of nitrogens with one attached hydrogen (secondary N) is 1. The van der Waals surface area contributed by atoms with E-state index in [0.717, 1.165) is 13.0 Å². The van der Waals surface area contributed by atoms with Crippen LogP contribution in [0, 0.1) is 38.0 Å². The number of allylic oxidation sites excluding steroid dienone is 1. The molecule has 0 radical (unpaired) electrons. The van der Waals surface area contributed by atoms with Crippen molar-refractivity contribution in [2.45, 2.75) is 32.1 Å². The average Bonchev–Trinajstić information content (AvgIpc) is 2.03. The Morgan fingerprint density at radius 1 is 1.55 bits per heavy atom. The number of hydrogen-bond donors (Lipinski definition) is 1. The van der Waals surface area contributed by atoms with Gasteiger partial charge in [0.05, 0.1) is 0 Å². The molecule has 62 valence electrons. The van der Waals surface area contributed by atoms with Crippen LogP contribution in [-0.2, 0) is 0 Å². The third kappa shape index (κ3) is 4.93. The minimum absolute atomic E-state index is 0. The number of rotatable bonds is 3. The maximum absolute atomic E-state index is 3.82. The fraction of sp³-hybridized carbons (Fsp3) is 0.667. The van der Waals surface area contributed by atoms with E-state index in [0.29, 0.717) is 0 Å². The molecule has 1 aliphatic heterocycles. The zero-order valence-corrected chi connectivity index (χ0v) is 11.2. The Hall–Kier alpha value is 0.592. The summed E-state index contributed by atoms with van der Waals surface area (Å²) in [6.07, 6.45) is 8.34. The average molecular weight is 376 g/mol. The summed E-state index contributed by atoms with van der Waals surface area (Å²) in [5.41, 5.74) is 1.58. The van der Waals surface area contributed by atoms with Gasteiger partial charge >= 0.3 is 0 Å². The van der Waals surface area contributed by atoms with Crippen LogP contribution in [0.5, 0.6) is 0 Å². The van der Waals surface area contributed by atoms with Gasteiger partial charge in [0.25, 0.3) is 0 Å². The quantitative estimate of drug-likeness (QED) is 0.746. The van der Waals surface area contributed by atoms with Gasteiger partial charge in [-0.2, -0.15) is 6.42 Å². The van der Waals surface area contributed by atoms with Crippen molar-refractivity contribution in [1.29, 1.82) is 0 Å². The van der Waals surface area contributed by atoms with Crippen molar-refractivity contribution in [3.05, 3.63) is 18.7 Å². The first-order chi connectivity index (χ1) is 4.93. The van der Waals surface area contributed by atoms with Crippen LogP contribution in [0.25, 0.3) is 0 Å². The molecular formula is C9H16NU-. The van der Waals surface area contributed by atoms with E-state index in [1.807, 2.05) is 0 Å². The van der Waals surface area contributed by atoms with Crippen molar-refractivity contribution < 1.29 is 31.1 Å². The van der Waals surface area contributed by atoms with Crippen LogP contribution in [-0.4, -0.2) is 6.54 Å². The molecule has 0 amide bonds. The van der Waals surface area contributed by atoms with Gasteiger partial charge in [0.1, 0.15) is 0 Å². The molecule has 0 aromatic carbocycles. The molecule has 0 aliphatic carbocycles. The van der Waals surface area contributed by atoms with Crippen LogP contribution >= 0.6 is 0 Å². The Bertz CT molecular complexity index is 121. The van der Waals surface area contributed by atoms with Gasteiger partial charge in [-0.3, -0.25) is 0 Å². The van der Waals surface area contributed by atoms with Crippen LogP contribution < -0.4 is 5.32 Å². The maximum atomic E-state index is 3.82. The van der Waals surface area contributed by atoms with Crippen molar-refractivity contribution >= 4 is 0 Å². The molecule has 1 N–H and O–H groups in total. The summed E-state index contributed by atoms with van der Waals surface area (Å²) >= 11 is 0. The van der Waals surface area contributed by atoms with Crippen LogP contribution in [0.2, 0.25) is 0 Å². The molecule has 0 aromatic heterocycles. The van der Waals surface area contributed by atoms with Crippen LogP contribution in [0.4, 0.5) is 0 Å². The van der Waals surface area contributed by atoms with Gasteiger partial charge in [0.2, 0.25) is 0 Å². The molecule has 0 saturated carbocycles. The zero-order chi connectivity index (χ0) is 7.23. The molecule has 1 heterocycles. The normalized spacial score (nSPS) is 16.3. The molecule has 0 atom stereocenters. The fourth-order valence-corrected chi connectivity index (χ4v) is 1.26. The molecule has 11 heavy (non-hydrogen) atoms. The van der Waals surface area contributed by atoms with Gasteiger partial charge < -0.3 is 12.2 Å². The molecule has 0 bridgehead atoms. The summed E-state index contributed by atoms with van der Waals surface area (Å²) in [5, 5.41) is 3.26. The molecule has 2 heteroatoms. The molecule has 1 aliphatic rings. The molecule has 0 fully saturated rings.